The number of carbonyl (C=O) groups excluding carboxylic acids is 1. The summed E-state index contributed by atoms with van der Waals surface area (Å²) in [5, 5.41) is 6.36. The van der Waals surface area contributed by atoms with Crippen molar-refractivity contribution in [3.63, 3.8) is 0 Å². The van der Waals surface area contributed by atoms with E-state index in [2.05, 4.69) is 25.5 Å². The molecular weight excluding hydrogens is 334 g/mol. The number of hydrogen-bond donors (Lipinski definition) is 2. The van der Waals surface area contributed by atoms with E-state index in [9.17, 15) is 4.79 Å². The lowest BCUT2D eigenvalue weighted by Gasteiger charge is -2.28. The van der Waals surface area contributed by atoms with Crippen LogP contribution in [0.1, 0.15) is 31.4 Å². The number of ether oxygens (including phenoxy) is 2. The van der Waals surface area contributed by atoms with Gasteiger partial charge in [-0.1, -0.05) is 0 Å². The molecule has 8 nitrogen and oxygen atoms in total. The third-order valence-electron chi connectivity index (χ3n) is 4.91. The SMILES string of the molecule is O=C(NCCc1cc(N2CCOCC2)nc(NC2CC2)n1)[C@@H]1CCCO1. The van der Waals surface area contributed by atoms with Crippen molar-refractivity contribution in [1.82, 2.24) is 15.3 Å². The van der Waals surface area contributed by atoms with Crippen LogP contribution < -0.4 is 15.5 Å². The van der Waals surface area contributed by atoms with E-state index in [0.717, 1.165) is 50.7 Å². The van der Waals surface area contributed by atoms with Gasteiger partial charge < -0.3 is 25.0 Å². The van der Waals surface area contributed by atoms with Gasteiger partial charge in [-0.25, -0.2) is 4.98 Å². The van der Waals surface area contributed by atoms with Crippen LogP contribution in [-0.2, 0) is 20.7 Å². The second kappa shape index (κ2) is 8.18. The molecule has 3 fully saturated rings. The van der Waals surface area contributed by atoms with E-state index < -0.39 is 0 Å². The normalized spacial score (nSPS) is 23.1. The summed E-state index contributed by atoms with van der Waals surface area (Å²) in [5.41, 5.74) is 0.942. The van der Waals surface area contributed by atoms with Crippen molar-refractivity contribution in [2.45, 2.75) is 44.2 Å². The Bertz CT molecular complexity index is 625. The molecule has 4 rings (SSSR count). The number of anilines is 2. The fourth-order valence-corrected chi connectivity index (χ4v) is 3.25. The maximum absolute atomic E-state index is 12.1. The molecule has 1 aromatic rings. The number of amides is 1. The van der Waals surface area contributed by atoms with Crippen LogP contribution in [-0.4, -0.2) is 67.5 Å². The van der Waals surface area contributed by atoms with Crippen molar-refractivity contribution in [3.05, 3.63) is 11.8 Å². The van der Waals surface area contributed by atoms with E-state index in [1.165, 1.54) is 12.8 Å². The molecule has 142 valence electrons. The van der Waals surface area contributed by atoms with Crippen LogP contribution in [0.15, 0.2) is 6.07 Å². The molecule has 0 spiro atoms. The van der Waals surface area contributed by atoms with E-state index in [4.69, 9.17) is 9.47 Å². The number of nitrogens with one attached hydrogen (secondary N) is 2. The lowest BCUT2D eigenvalue weighted by Crippen LogP contribution is -2.37. The van der Waals surface area contributed by atoms with Crippen molar-refractivity contribution in [2.75, 3.05) is 49.7 Å². The molecule has 1 aliphatic carbocycles. The fraction of sp³-hybridized carbons (Fsp3) is 0.722. The Hall–Kier alpha value is -1.93. The van der Waals surface area contributed by atoms with Crippen molar-refractivity contribution in [2.24, 2.45) is 0 Å². The molecule has 0 aromatic carbocycles. The van der Waals surface area contributed by atoms with Crippen LogP contribution >= 0.6 is 0 Å². The maximum Gasteiger partial charge on any atom is 0.249 e. The molecule has 2 saturated heterocycles. The second-order valence-corrected chi connectivity index (χ2v) is 7.10. The van der Waals surface area contributed by atoms with E-state index in [0.29, 0.717) is 31.6 Å². The number of morpholine rings is 1. The summed E-state index contributed by atoms with van der Waals surface area (Å²) in [6, 6.07) is 2.53. The minimum atomic E-state index is -0.281. The summed E-state index contributed by atoms with van der Waals surface area (Å²) < 4.78 is 10.9. The molecule has 0 radical (unpaired) electrons. The highest BCUT2D eigenvalue weighted by molar-refractivity contribution is 5.80. The Balaban J connectivity index is 1.39. The first-order chi connectivity index (χ1) is 12.8. The largest absolute Gasteiger partial charge is 0.378 e. The van der Waals surface area contributed by atoms with Gasteiger partial charge >= 0.3 is 0 Å². The van der Waals surface area contributed by atoms with Crippen molar-refractivity contribution in [1.29, 1.82) is 0 Å². The fourth-order valence-electron chi connectivity index (χ4n) is 3.25. The summed E-state index contributed by atoms with van der Waals surface area (Å²) in [6.45, 7) is 4.37. The highest BCUT2D eigenvalue weighted by Crippen LogP contribution is 2.24. The Labute approximate surface area is 153 Å². The van der Waals surface area contributed by atoms with Gasteiger partial charge in [0.15, 0.2) is 0 Å². The van der Waals surface area contributed by atoms with Crippen LogP contribution in [0.25, 0.3) is 0 Å². The van der Waals surface area contributed by atoms with Crippen molar-refractivity contribution >= 4 is 17.7 Å². The minimum Gasteiger partial charge on any atom is -0.378 e. The second-order valence-electron chi connectivity index (χ2n) is 7.10. The van der Waals surface area contributed by atoms with E-state index in [1.807, 2.05) is 6.07 Å². The van der Waals surface area contributed by atoms with Gasteiger partial charge in [-0.05, 0) is 25.7 Å². The molecule has 26 heavy (non-hydrogen) atoms. The molecule has 8 heteroatoms. The first-order valence-corrected chi connectivity index (χ1v) is 9.64. The Morgan fingerprint density at radius 3 is 2.77 bits per heavy atom. The van der Waals surface area contributed by atoms with Crippen molar-refractivity contribution in [3.8, 4) is 0 Å². The Morgan fingerprint density at radius 1 is 1.19 bits per heavy atom. The van der Waals surface area contributed by atoms with E-state index in [-0.39, 0.29) is 12.0 Å². The summed E-state index contributed by atoms with van der Waals surface area (Å²) in [6.07, 6.45) is 4.53. The summed E-state index contributed by atoms with van der Waals surface area (Å²) in [5.74, 6) is 1.62. The van der Waals surface area contributed by atoms with Gasteiger partial charge in [0.1, 0.15) is 11.9 Å². The zero-order valence-electron chi connectivity index (χ0n) is 15.1. The zero-order chi connectivity index (χ0) is 17.8. The number of carbonyl (C=O) groups is 1. The van der Waals surface area contributed by atoms with Crippen molar-refractivity contribution < 1.29 is 14.3 Å². The lowest BCUT2D eigenvalue weighted by molar-refractivity contribution is -0.129. The quantitative estimate of drug-likeness (QED) is 0.740. The minimum absolute atomic E-state index is 0.0127. The molecule has 1 aromatic heterocycles. The third-order valence-corrected chi connectivity index (χ3v) is 4.91. The zero-order valence-corrected chi connectivity index (χ0v) is 15.1. The molecule has 2 aliphatic heterocycles. The standard InChI is InChI=1S/C18H27N5O3/c24-17(15-2-1-9-26-15)19-6-5-14-12-16(23-7-10-25-11-8-23)22-18(21-14)20-13-3-4-13/h12-13,15H,1-11H2,(H,19,24)(H,20,21,22)/t15-/m0/s1. The average Bonchev–Trinajstić information content (AvgIpc) is 3.30. The van der Waals surface area contributed by atoms with Gasteiger partial charge in [-0.3, -0.25) is 4.79 Å². The number of hydrogen-bond acceptors (Lipinski definition) is 7. The number of nitrogens with zero attached hydrogens (tertiary/aromatic N) is 3. The van der Waals surface area contributed by atoms with Crippen LogP contribution in [0.3, 0.4) is 0 Å². The molecule has 0 bridgehead atoms. The van der Waals surface area contributed by atoms with Crippen LogP contribution in [0.4, 0.5) is 11.8 Å². The highest BCUT2D eigenvalue weighted by Gasteiger charge is 2.24. The van der Waals surface area contributed by atoms with Crippen LogP contribution in [0.2, 0.25) is 0 Å². The highest BCUT2D eigenvalue weighted by atomic mass is 16.5. The Kier molecular flexibility index (Phi) is 5.50. The molecule has 1 atom stereocenters. The first kappa shape index (κ1) is 17.5. The number of aromatic nitrogens is 2. The van der Waals surface area contributed by atoms with Gasteiger partial charge in [-0.15, -0.1) is 0 Å². The molecule has 1 saturated carbocycles. The lowest BCUT2D eigenvalue weighted by atomic mass is 10.2. The molecular formula is C18H27N5O3. The van der Waals surface area contributed by atoms with Crippen LogP contribution in [0, 0.1) is 0 Å². The third kappa shape index (κ3) is 4.62. The first-order valence-electron chi connectivity index (χ1n) is 9.64. The number of rotatable bonds is 7. The van der Waals surface area contributed by atoms with E-state index >= 15 is 0 Å². The smallest absolute Gasteiger partial charge is 0.249 e. The molecule has 1 amide bonds. The predicted octanol–water partition coefficient (Wildman–Crippen LogP) is 0.725. The van der Waals surface area contributed by atoms with E-state index in [1.54, 1.807) is 0 Å². The summed E-state index contributed by atoms with van der Waals surface area (Å²) >= 11 is 0. The maximum atomic E-state index is 12.1. The predicted molar refractivity (Wildman–Crippen MR) is 97.4 cm³/mol. The topological polar surface area (TPSA) is 88.6 Å². The monoisotopic (exact) mass is 361 g/mol. The molecule has 2 N–H and O–H groups in total. The van der Waals surface area contributed by atoms with Crippen LogP contribution in [0.5, 0.6) is 0 Å². The van der Waals surface area contributed by atoms with Gasteiger partial charge in [0.25, 0.3) is 0 Å². The van der Waals surface area contributed by atoms with Gasteiger partial charge in [0.2, 0.25) is 11.9 Å². The van der Waals surface area contributed by atoms with Gasteiger partial charge in [0.05, 0.1) is 13.2 Å². The molecule has 3 heterocycles. The summed E-state index contributed by atoms with van der Waals surface area (Å²) in [4.78, 5) is 23.6. The summed E-state index contributed by atoms with van der Waals surface area (Å²) in [7, 11) is 0. The molecule has 0 unspecified atom stereocenters. The van der Waals surface area contributed by atoms with Gasteiger partial charge in [0, 0.05) is 50.5 Å². The van der Waals surface area contributed by atoms with Gasteiger partial charge in [-0.2, -0.15) is 4.98 Å². The molecule has 3 aliphatic rings. The Morgan fingerprint density at radius 2 is 2.04 bits per heavy atom. The average molecular weight is 361 g/mol.